The maximum absolute atomic E-state index is 5.57. The molecule has 0 aromatic carbocycles. The molecule has 6 heteroatoms. The van der Waals surface area contributed by atoms with Crippen molar-refractivity contribution >= 4 is 5.96 Å². The van der Waals surface area contributed by atoms with E-state index in [0.717, 1.165) is 57.8 Å². The molecule has 0 bridgehead atoms. The molecule has 2 rings (SSSR count). The molecular formula is C21H43N5O. The van der Waals surface area contributed by atoms with Crippen LogP contribution in [0.3, 0.4) is 0 Å². The van der Waals surface area contributed by atoms with Gasteiger partial charge in [0.2, 0.25) is 0 Å². The lowest BCUT2D eigenvalue weighted by Crippen LogP contribution is -2.49. The molecule has 2 atom stereocenters. The van der Waals surface area contributed by atoms with E-state index in [1.54, 1.807) is 0 Å². The molecule has 0 spiro atoms. The smallest absolute Gasteiger partial charge is 0.191 e. The fourth-order valence-corrected chi connectivity index (χ4v) is 4.51. The molecule has 2 aliphatic heterocycles. The van der Waals surface area contributed by atoms with Crippen LogP contribution >= 0.6 is 0 Å². The summed E-state index contributed by atoms with van der Waals surface area (Å²) < 4.78 is 5.57. The van der Waals surface area contributed by atoms with Crippen molar-refractivity contribution < 1.29 is 4.74 Å². The molecule has 2 aliphatic rings. The molecule has 0 aromatic heterocycles. The Bertz CT molecular complexity index is 421. The monoisotopic (exact) mass is 381 g/mol. The third-order valence-electron chi connectivity index (χ3n) is 6.17. The Morgan fingerprint density at radius 3 is 2.48 bits per heavy atom. The lowest BCUT2D eigenvalue weighted by atomic mass is 9.92. The maximum Gasteiger partial charge on any atom is 0.191 e. The number of ether oxygens (including phenoxy) is 1. The Morgan fingerprint density at radius 2 is 1.85 bits per heavy atom. The fourth-order valence-electron chi connectivity index (χ4n) is 4.51. The number of likely N-dealkylation sites (tertiary alicyclic amines) is 1. The number of hydrogen-bond donors (Lipinski definition) is 2. The molecule has 0 aromatic rings. The molecule has 0 aliphatic carbocycles. The average molecular weight is 382 g/mol. The normalized spacial score (nSPS) is 24.2. The largest absolute Gasteiger partial charge is 0.379 e. The van der Waals surface area contributed by atoms with Crippen molar-refractivity contribution in [2.75, 3.05) is 66.1 Å². The number of hydrogen-bond acceptors (Lipinski definition) is 4. The number of piperidine rings is 1. The first-order chi connectivity index (χ1) is 13.2. The Labute approximate surface area is 167 Å². The number of rotatable bonds is 9. The molecule has 2 unspecified atom stereocenters. The Kier molecular flexibility index (Phi) is 10.5. The minimum Gasteiger partial charge on any atom is -0.379 e. The van der Waals surface area contributed by atoms with Crippen molar-refractivity contribution in [1.82, 2.24) is 20.4 Å². The molecule has 6 nitrogen and oxygen atoms in total. The molecule has 2 saturated heterocycles. The Hall–Kier alpha value is -0.850. The predicted molar refractivity (Wildman–Crippen MR) is 114 cm³/mol. The second kappa shape index (κ2) is 12.6. The highest BCUT2D eigenvalue weighted by Crippen LogP contribution is 2.20. The molecule has 158 valence electrons. The van der Waals surface area contributed by atoms with Gasteiger partial charge in [-0.25, -0.2) is 0 Å². The van der Waals surface area contributed by atoms with Gasteiger partial charge in [-0.05, 0) is 45.2 Å². The van der Waals surface area contributed by atoms with Crippen molar-refractivity contribution in [3.8, 4) is 0 Å². The highest BCUT2D eigenvalue weighted by Gasteiger charge is 2.27. The van der Waals surface area contributed by atoms with Crippen molar-refractivity contribution in [1.29, 1.82) is 0 Å². The van der Waals surface area contributed by atoms with E-state index < -0.39 is 0 Å². The summed E-state index contributed by atoms with van der Waals surface area (Å²) in [4.78, 5) is 10.1. The molecule has 2 fully saturated rings. The molecule has 0 saturated carbocycles. The second-order valence-electron chi connectivity index (χ2n) is 8.16. The number of aliphatic imine (C=N–C) groups is 1. The summed E-state index contributed by atoms with van der Waals surface area (Å²) in [5.74, 6) is 2.40. The van der Waals surface area contributed by atoms with Gasteiger partial charge in [-0.3, -0.25) is 9.89 Å². The molecule has 0 radical (unpaired) electrons. The van der Waals surface area contributed by atoms with Gasteiger partial charge in [0.05, 0.1) is 19.8 Å². The number of nitrogens with zero attached hydrogens (tertiary/aromatic N) is 3. The van der Waals surface area contributed by atoms with Gasteiger partial charge in [0.25, 0.3) is 0 Å². The molecule has 27 heavy (non-hydrogen) atoms. The van der Waals surface area contributed by atoms with E-state index in [0.29, 0.717) is 12.0 Å². The summed E-state index contributed by atoms with van der Waals surface area (Å²) in [6, 6.07) is 0.514. The first kappa shape index (κ1) is 22.4. The van der Waals surface area contributed by atoms with Gasteiger partial charge < -0.3 is 20.3 Å². The van der Waals surface area contributed by atoms with Crippen molar-refractivity contribution in [3.63, 3.8) is 0 Å². The van der Waals surface area contributed by atoms with Crippen LogP contribution in [0, 0.1) is 11.8 Å². The average Bonchev–Trinajstić information content (AvgIpc) is 2.70. The van der Waals surface area contributed by atoms with Gasteiger partial charge in [-0.2, -0.15) is 0 Å². The van der Waals surface area contributed by atoms with E-state index in [4.69, 9.17) is 9.73 Å². The lowest BCUT2D eigenvalue weighted by Gasteiger charge is -2.38. The Balaban J connectivity index is 1.95. The minimum atomic E-state index is 0.514. The minimum absolute atomic E-state index is 0.514. The standard InChI is InChI=1S/C21H43N5O/c1-5-19(6-2)20(26-11-13-27-14-12-26)16-24-21(22-7-3)23-15-18-9-8-10-25(4)17-18/h18-20H,5-17H2,1-4H3,(H2,22,23,24). The zero-order valence-electron chi connectivity index (χ0n) is 18.2. The van der Waals surface area contributed by atoms with Crippen molar-refractivity contribution in [2.45, 2.75) is 52.5 Å². The van der Waals surface area contributed by atoms with Crippen LogP contribution in [0.1, 0.15) is 46.5 Å². The maximum atomic E-state index is 5.57. The van der Waals surface area contributed by atoms with Crippen LogP contribution in [0.4, 0.5) is 0 Å². The first-order valence-electron chi connectivity index (χ1n) is 11.2. The van der Waals surface area contributed by atoms with Gasteiger partial charge in [0.1, 0.15) is 0 Å². The van der Waals surface area contributed by atoms with Crippen LogP contribution in [0.25, 0.3) is 0 Å². The van der Waals surface area contributed by atoms with Crippen LogP contribution in [0.2, 0.25) is 0 Å². The van der Waals surface area contributed by atoms with E-state index in [1.165, 1.54) is 38.8 Å². The number of guanidine groups is 1. The van der Waals surface area contributed by atoms with E-state index in [-0.39, 0.29) is 0 Å². The van der Waals surface area contributed by atoms with Gasteiger partial charge in [0.15, 0.2) is 5.96 Å². The predicted octanol–water partition coefficient (Wildman–Crippen LogP) is 2.02. The second-order valence-corrected chi connectivity index (χ2v) is 8.16. The van der Waals surface area contributed by atoms with E-state index in [9.17, 15) is 0 Å². The number of nitrogens with one attached hydrogen (secondary N) is 2. The van der Waals surface area contributed by atoms with Crippen LogP contribution in [-0.2, 0) is 4.74 Å². The topological polar surface area (TPSA) is 52.1 Å². The molecule has 2 N–H and O–H groups in total. The number of morpholine rings is 1. The quantitative estimate of drug-likeness (QED) is 0.473. The van der Waals surface area contributed by atoms with Crippen LogP contribution < -0.4 is 10.6 Å². The van der Waals surface area contributed by atoms with Gasteiger partial charge in [-0.1, -0.05) is 26.7 Å². The summed E-state index contributed by atoms with van der Waals surface area (Å²) in [6.07, 6.45) is 5.06. The summed E-state index contributed by atoms with van der Waals surface area (Å²) in [5.41, 5.74) is 0. The van der Waals surface area contributed by atoms with Gasteiger partial charge in [0, 0.05) is 38.8 Å². The van der Waals surface area contributed by atoms with Crippen LogP contribution in [0.15, 0.2) is 4.99 Å². The summed E-state index contributed by atoms with van der Waals surface area (Å²) in [7, 11) is 2.23. The Morgan fingerprint density at radius 1 is 1.11 bits per heavy atom. The van der Waals surface area contributed by atoms with E-state index >= 15 is 0 Å². The third-order valence-corrected chi connectivity index (χ3v) is 6.17. The van der Waals surface area contributed by atoms with Crippen LogP contribution in [0.5, 0.6) is 0 Å². The molecular weight excluding hydrogens is 338 g/mol. The van der Waals surface area contributed by atoms with Crippen molar-refractivity contribution in [3.05, 3.63) is 0 Å². The molecule has 2 heterocycles. The van der Waals surface area contributed by atoms with Gasteiger partial charge in [-0.15, -0.1) is 0 Å². The summed E-state index contributed by atoms with van der Waals surface area (Å²) in [5, 5.41) is 7.06. The van der Waals surface area contributed by atoms with Crippen LogP contribution in [-0.4, -0.2) is 87.9 Å². The van der Waals surface area contributed by atoms with Crippen molar-refractivity contribution in [2.24, 2.45) is 16.8 Å². The fraction of sp³-hybridized carbons (Fsp3) is 0.952. The van der Waals surface area contributed by atoms with Gasteiger partial charge >= 0.3 is 0 Å². The molecule has 0 amide bonds. The zero-order chi connectivity index (χ0) is 19.5. The first-order valence-corrected chi connectivity index (χ1v) is 11.2. The summed E-state index contributed by atoms with van der Waals surface area (Å²) >= 11 is 0. The highest BCUT2D eigenvalue weighted by molar-refractivity contribution is 5.79. The van der Waals surface area contributed by atoms with E-state index in [1.807, 2.05) is 0 Å². The highest BCUT2D eigenvalue weighted by atomic mass is 16.5. The third kappa shape index (κ3) is 7.59. The SMILES string of the molecule is CCNC(=NCC(C(CC)CC)N1CCOCC1)NCC1CCCN(C)C1. The zero-order valence-corrected chi connectivity index (χ0v) is 18.2. The lowest BCUT2D eigenvalue weighted by molar-refractivity contribution is 0.00395. The van der Waals surface area contributed by atoms with E-state index in [2.05, 4.69) is 48.3 Å². The summed E-state index contributed by atoms with van der Waals surface area (Å²) in [6.45, 7) is 15.8.